The lowest BCUT2D eigenvalue weighted by Gasteiger charge is -2.26. The summed E-state index contributed by atoms with van der Waals surface area (Å²) < 4.78 is 5.82. The van der Waals surface area contributed by atoms with E-state index in [1.165, 1.54) is 43.5 Å². The summed E-state index contributed by atoms with van der Waals surface area (Å²) in [5.41, 5.74) is 2.58. The average molecular weight is 281 g/mol. The molecule has 1 saturated heterocycles. The van der Waals surface area contributed by atoms with Crippen LogP contribution in [-0.4, -0.2) is 18.0 Å². The lowest BCUT2D eigenvalue weighted by molar-refractivity contribution is 0.221. The Balaban J connectivity index is 1.51. The molecular weight excluding hydrogens is 258 g/mol. The summed E-state index contributed by atoms with van der Waals surface area (Å²) in [6.07, 6.45) is 4.08. The van der Waals surface area contributed by atoms with Gasteiger partial charge in [0.25, 0.3) is 0 Å². The fraction of sp³-hybridized carbons (Fsp3) is 0.368. The highest BCUT2D eigenvalue weighted by atomic mass is 16.5. The van der Waals surface area contributed by atoms with E-state index in [0.29, 0.717) is 6.61 Å². The van der Waals surface area contributed by atoms with Gasteiger partial charge < -0.3 is 4.74 Å². The van der Waals surface area contributed by atoms with Gasteiger partial charge in [0.2, 0.25) is 0 Å². The number of benzene rings is 2. The van der Waals surface area contributed by atoms with E-state index in [-0.39, 0.29) is 0 Å². The zero-order valence-electron chi connectivity index (χ0n) is 12.5. The van der Waals surface area contributed by atoms with Gasteiger partial charge in [-0.15, -0.1) is 0 Å². The van der Waals surface area contributed by atoms with Gasteiger partial charge in [0, 0.05) is 6.54 Å². The summed E-state index contributed by atoms with van der Waals surface area (Å²) in [6, 6.07) is 18.8. The Bertz CT molecular complexity index is 529. The van der Waals surface area contributed by atoms with Crippen molar-refractivity contribution >= 4 is 0 Å². The van der Waals surface area contributed by atoms with E-state index in [2.05, 4.69) is 41.3 Å². The van der Waals surface area contributed by atoms with Gasteiger partial charge in [-0.05, 0) is 49.2 Å². The van der Waals surface area contributed by atoms with Crippen LogP contribution in [0.2, 0.25) is 0 Å². The van der Waals surface area contributed by atoms with Gasteiger partial charge >= 0.3 is 0 Å². The van der Waals surface area contributed by atoms with Crippen LogP contribution in [0, 0.1) is 0 Å². The van der Waals surface area contributed by atoms with Crippen LogP contribution in [0.4, 0.5) is 0 Å². The van der Waals surface area contributed by atoms with Crippen LogP contribution in [0.25, 0.3) is 0 Å². The molecule has 3 rings (SSSR count). The van der Waals surface area contributed by atoms with E-state index in [9.17, 15) is 0 Å². The normalized spacial score (nSPS) is 15.8. The molecule has 0 aliphatic carbocycles. The molecule has 0 spiro atoms. The van der Waals surface area contributed by atoms with Crippen LogP contribution in [-0.2, 0) is 13.2 Å². The standard InChI is InChI=1S/C19H23NO/c1-3-7-18(8-4-1)16-21-19-11-9-17(10-12-19)15-20-13-5-2-6-14-20/h1,3-4,7-12H,2,5-6,13-16H2. The number of hydrogen-bond donors (Lipinski definition) is 0. The van der Waals surface area contributed by atoms with Gasteiger partial charge in [-0.2, -0.15) is 0 Å². The van der Waals surface area contributed by atoms with Crippen molar-refractivity contribution in [2.75, 3.05) is 13.1 Å². The van der Waals surface area contributed by atoms with Crippen molar-refractivity contribution in [3.05, 3.63) is 65.7 Å². The molecule has 21 heavy (non-hydrogen) atoms. The highest BCUT2D eigenvalue weighted by Crippen LogP contribution is 2.17. The summed E-state index contributed by atoms with van der Waals surface area (Å²) in [4.78, 5) is 2.54. The molecule has 0 atom stereocenters. The third-order valence-corrected chi connectivity index (χ3v) is 4.03. The second kappa shape index (κ2) is 7.28. The van der Waals surface area contributed by atoms with E-state index in [1.54, 1.807) is 0 Å². The first-order valence-corrected chi connectivity index (χ1v) is 7.88. The molecule has 0 N–H and O–H groups in total. The van der Waals surface area contributed by atoms with Crippen LogP contribution in [0.1, 0.15) is 30.4 Å². The molecule has 2 aromatic carbocycles. The van der Waals surface area contributed by atoms with Crippen molar-refractivity contribution in [1.82, 2.24) is 4.90 Å². The topological polar surface area (TPSA) is 12.5 Å². The number of piperidine rings is 1. The Kier molecular flexibility index (Phi) is 4.90. The fourth-order valence-electron chi connectivity index (χ4n) is 2.81. The Morgan fingerprint density at radius 1 is 0.762 bits per heavy atom. The molecule has 1 fully saturated rings. The first-order chi connectivity index (χ1) is 10.4. The van der Waals surface area contributed by atoms with Gasteiger partial charge in [0.05, 0.1) is 0 Å². The first-order valence-electron chi connectivity index (χ1n) is 7.88. The number of hydrogen-bond acceptors (Lipinski definition) is 2. The summed E-state index contributed by atoms with van der Waals surface area (Å²) >= 11 is 0. The van der Waals surface area contributed by atoms with Crippen molar-refractivity contribution in [3.63, 3.8) is 0 Å². The van der Waals surface area contributed by atoms with Crippen LogP contribution in [0.5, 0.6) is 5.75 Å². The van der Waals surface area contributed by atoms with Crippen LogP contribution in [0.3, 0.4) is 0 Å². The molecule has 0 amide bonds. The van der Waals surface area contributed by atoms with Crippen molar-refractivity contribution in [3.8, 4) is 5.75 Å². The highest BCUT2D eigenvalue weighted by Gasteiger charge is 2.10. The summed E-state index contributed by atoms with van der Waals surface area (Å²) in [5.74, 6) is 0.946. The molecule has 1 heterocycles. The molecule has 2 aromatic rings. The number of rotatable bonds is 5. The second-order valence-corrected chi connectivity index (χ2v) is 5.76. The molecule has 0 saturated carbocycles. The Morgan fingerprint density at radius 3 is 2.19 bits per heavy atom. The van der Waals surface area contributed by atoms with Crippen molar-refractivity contribution in [2.24, 2.45) is 0 Å². The maximum atomic E-state index is 5.82. The highest BCUT2D eigenvalue weighted by molar-refractivity contribution is 5.27. The molecule has 0 unspecified atom stereocenters. The van der Waals surface area contributed by atoms with Crippen LogP contribution >= 0.6 is 0 Å². The van der Waals surface area contributed by atoms with E-state index < -0.39 is 0 Å². The number of likely N-dealkylation sites (tertiary alicyclic amines) is 1. The van der Waals surface area contributed by atoms with Crippen LogP contribution in [0.15, 0.2) is 54.6 Å². The third-order valence-electron chi connectivity index (χ3n) is 4.03. The lowest BCUT2D eigenvalue weighted by atomic mass is 10.1. The van der Waals surface area contributed by atoms with Gasteiger partial charge in [-0.3, -0.25) is 4.90 Å². The number of ether oxygens (including phenoxy) is 1. The van der Waals surface area contributed by atoms with E-state index >= 15 is 0 Å². The summed E-state index contributed by atoms with van der Waals surface area (Å²) in [6.45, 7) is 4.18. The molecule has 2 heteroatoms. The predicted octanol–water partition coefficient (Wildman–Crippen LogP) is 4.25. The van der Waals surface area contributed by atoms with Gasteiger partial charge in [-0.25, -0.2) is 0 Å². The predicted molar refractivity (Wildman–Crippen MR) is 86.3 cm³/mol. The van der Waals surface area contributed by atoms with Crippen molar-refractivity contribution < 1.29 is 4.74 Å². The minimum Gasteiger partial charge on any atom is -0.489 e. The zero-order valence-corrected chi connectivity index (χ0v) is 12.5. The average Bonchev–Trinajstić information content (AvgIpc) is 2.56. The molecule has 0 bridgehead atoms. The second-order valence-electron chi connectivity index (χ2n) is 5.76. The Labute approximate surface area is 127 Å². The monoisotopic (exact) mass is 281 g/mol. The first kappa shape index (κ1) is 14.2. The largest absolute Gasteiger partial charge is 0.489 e. The fourth-order valence-corrected chi connectivity index (χ4v) is 2.81. The zero-order chi connectivity index (χ0) is 14.3. The molecule has 1 aliphatic rings. The maximum absolute atomic E-state index is 5.82. The summed E-state index contributed by atoms with van der Waals surface area (Å²) in [5, 5.41) is 0. The van der Waals surface area contributed by atoms with Gasteiger partial charge in [0.1, 0.15) is 12.4 Å². The maximum Gasteiger partial charge on any atom is 0.119 e. The molecule has 110 valence electrons. The van der Waals surface area contributed by atoms with E-state index in [1.807, 2.05) is 18.2 Å². The van der Waals surface area contributed by atoms with Gasteiger partial charge in [-0.1, -0.05) is 48.9 Å². The van der Waals surface area contributed by atoms with E-state index in [0.717, 1.165) is 12.3 Å². The quantitative estimate of drug-likeness (QED) is 0.812. The molecule has 1 aliphatic heterocycles. The Hall–Kier alpha value is -1.80. The third kappa shape index (κ3) is 4.33. The van der Waals surface area contributed by atoms with Crippen LogP contribution < -0.4 is 4.74 Å². The summed E-state index contributed by atoms with van der Waals surface area (Å²) in [7, 11) is 0. The molecule has 0 radical (unpaired) electrons. The van der Waals surface area contributed by atoms with Crippen molar-refractivity contribution in [2.45, 2.75) is 32.4 Å². The molecule has 0 aromatic heterocycles. The minimum absolute atomic E-state index is 0.631. The minimum atomic E-state index is 0.631. The smallest absolute Gasteiger partial charge is 0.119 e. The van der Waals surface area contributed by atoms with Gasteiger partial charge in [0.15, 0.2) is 0 Å². The van der Waals surface area contributed by atoms with Crippen molar-refractivity contribution in [1.29, 1.82) is 0 Å². The lowest BCUT2D eigenvalue weighted by Crippen LogP contribution is -2.28. The molecular formula is C19H23NO. The SMILES string of the molecule is c1ccc(COc2ccc(CN3CCCCC3)cc2)cc1. The van der Waals surface area contributed by atoms with E-state index in [4.69, 9.17) is 4.74 Å². The Morgan fingerprint density at radius 2 is 1.48 bits per heavy atom. The number of nitrogens with zero attached hydrogens (tertiary/aromatic N) is 1. The molecule has 2 nitrogen and oxygen atoms in total.